The van der Waals surface area contributed by atoms with Gasteiger partial charge in [-0.2, -0.15) is 0 Å². The molecule has 0 fully saturated rings. The van der Waals surface area contributed by atoms with Crippen LogP contribution in [0.25, 0.3) is 16.7 Å². The monoisotopic (exact) mass is 275 g/mol. The number of benzene rings is 1. The number of hydrogen-bond donors (Lipinski definition) is 0. The van der Waals surface area contributed by atoms with Gasteiger partial charge in [-0.1, -0.05) is 36.4 Å². The molecule has 21 heavy (non-hydrogen) atoms. The first-order chi connectivity index (χ1) is 10.1. The van der Waals surface area contributed by atoms with Gasteiger partial charge in [0.05, 0.1) is 5.69 Å². The topological polar surface area (TPSA) is 12.9 Å². The fourth-order valence-corrected chi connectivity index (χ4v) is 2.70. The maximum absolute atomic E-state index is 4.61. The van der Waals surface area contributed by atoms with Gasteiger partial charge in [-0.3, -0.25) is 4.98 Å². The average Bonchev–Trinajstić information content (AvgIpc) is 2.51. The summed E-state index contributed by atoms with van der Waals surface area (Å²) in [4.78, 5) is 4.61. The van der Waals surface area contributed by atoms with Gasteiger partial charge in [0.25, 0.3) is 0 Å². The Morgan fingerprint density at radius 1 is 0.905 bits per heavy atom. The average molecular weight is 275 g/mol. The van der Waals surface area contributed by atoms with Crippen LogP contribution < -0.4 is 0 Å². The molecule has 106 valence electrons. The van der Waals surface area contributed by atoms with Crippen molar-refractivity contribution in [3.63, 3.8) is 0 Å². The van der Waals surface area contributed by atoms with Crippen molar-refractivity contribution < 1.29 is 0 Å². The highest BCUT2D eigenvalue weighted by Crippen LogP contribution is 2.28. The minimum Gasteiger partial charge on any atom is -0.256 e. The largest absolute Gasteiger partial charge is 0.256 e. The lowest BCUT2D eigenvalue weighted by Gasteiger charge is -2.12. The molecule has 1 aromatic carbocycles. The van der Waals surface area contributed by atoms with Crippen molar-refractivity contribution >= 4 is 5.57 Å². The second-order valence-electron chi connectivity index (χ2n) is 5.82. The zero-order valence-electron chi connectivity index (χ0n) is 13.0. The van der Waals surface area contributed by atoms with Crippen LogP contribution in [0.1, 0.15) is 35.2 Å². The Kier molecular flexibility index (Phi) is 3.74. The second-order valence-corrected chi connectivity index (χ2v) is 5.82. The van der Waals surface area contributed by atoms with Crippen molar-refractivity contribution in [2.24, 2.45) is 0 Å². The summed E-state index contributed by atoms with van der Waals surface area (Å²) in [6.45, 7) is 6.46. The first-order valence-corrected chi connectivity index (χ1v) is 7.56. The molecule has 0 saturated heterocycles. The van der Waals surface area contributed by atoms with E-state index in [0.29, 0.717) is 0 Å². The maximum Gasteiger partial charge on any atom is 0.0705 e. The standard InChI is InChI=1S/C20H21N/c1-14-9-10-18(11-15(14)2)19-12-20(21-13-16(19)3)17-7-5-4-6-8-17/h5,7-13H,4,6H2,1-3H3. The van der Waals surface area contributed by atoms with E-state index in [2.05, 4.69) is 68.2 Å². The molecular formula is C20H21N. The van der Waals surface area contributed by atoms with E-state index in [-0.39, 0.29) is 0 Å². The first-order valence-electron chi connectivity index (χ1n) is 7.56. The van der Waals surface area contributed by atoms with E-state index in [1.54, 1.807) is 0 Å². The Morgan fingerprint density at radius 2 is 1.76 bits per heavy atom. The fourth-order valence-electron chi connectivity index (χ4n) is 2.70. The quantitative estimate of drug-likeness (QED) is 0.714. The van der Waals surface area contributed by atoms with Gasteiger partial charge in [0.15, 0.2) is 0 Å². The van der Waals surface area contributed by atoms with Crippen molar-refractivity contribution in [3.8, 4) is 11.1 Å². The molecular weight excluding hydrogens is 254 g/mol. The predicted octanol–water partition coefficient (Wildman–Crippen LogP) is 5.41. The molecule has 1 aliphatic carbocycles. The summed E-state index contributed by atoms with van der Waals surface area (Å²) in [5.41, 5.74) is 8.77. The zero-order chi connectivity index (χ0) is 14.8. The molecule has 1 aliphatic rings. The minimum absolute atomic E-state index is 1.07. The third-order valence-electron chi connectivity index (χ3n) is 4.21. The van der Waals surface area contributed by atoms with Crippen LogP contribution in [0.4, 0.5) is 0 Å². The number of rotatable bonds is 2. The molecule has 0 amide bonds. The molecule has 2 aromatic rings. The van der Waals surface area contributed by atoms with Crippen molar-refractivity contribution in [2.75, 3.05) is 0 Å². The van der Waals surface area contributed by atoms with Gasteiger partial charge in [0, 0.05) is 6.20 Å². The van der Waals surface area contributed by atoms with Crippen molar-refractivity contribution in [1.82, 2.24) is 4.98 Å². The van der Waals surface area contributed by atoms with Crippen LogP contribution in [-0.2, 0) is 0 Å². The molecule has 0 N–H and O–H groups in total. The third-order valence-corrected chi connectivity index (χ3v) is 4.21. The summed E-state index contributed by atoms with van der Waals surface area (Å²) in [7, 11) is 0. The second kappa shape index (κ2) is 5.69. The van der Waals surface area contributed by atoms with E-state index in [0.717, 1.165) is 18.5 Å². The summed E-state index contributed by atoms with van der Waals surface area (Å²) < 4.78 is 0. The van der Waals surface area contributed by atoms with Crippen LogP contribution in [0.5, 0.6) is 0 Å². The number of aryl methyl sites for hydroxylation is 3. The Bertz CT molecular complexity index is 735. The smallest absolute Gasteiger partial charge is 0.0705 e. The van der Waals surface area contributed by atoms with Gasteiger partial charge in [-0.25, -0.2) is 0 Å². The maximum atomic E-state index is 4.61. The molecule has 0 radical (unpaired) electrons. The van der Waals surface area contributed by atoms with Crippen LogP contribution in [0.15, 0.2) is 48.7 Å². The molecule has 1 heterocycles. The van der Waals surface area contributed by atoms with Crippen LogP contribution in [-0.4, -0.2) is 4.98 Å². The third kappa shape index (κ3) is 2.82. The van der Waals surface area contributed by atoms with Crippen LogP contribution in [0.3, 0.4) is 0 Å². The molecule has 0 atom stereocenters. The van der Waals surface area contributed by atoms with Gasteiger partial charge in [0.1, 0.15) is 0 Å². The van der Waals surface area contributed by atoms with E-state index in [1.165, 1.54) is 33.4 Å². The molecule has 0 bridgehead atoms. The zero-order valence-corrected chi connectivity index (χ0v) is 13.0. The molecule has 0 unspecified atom stereocenters. The van der Waals surface area contributed by atoms with E-state index in [1.807, 2.05) is 6.20 Å². The normalized spacial score (nSPS) is 14.1. The Hall–Kier alpha value is -2.15. The van der Waals surface area contributed by atoms with Gasteiger partial charge in [-0.15, -0.1) is 0 Å². The van der Waals surface area contributed by atoms with Crippen molar-refractivity contribution in [3.05, 3.63) is 71.1 Å². The van der Waals surface area contributed by atoms with E-state index < -0.39 is 0 Å². The summed E-state index contributed by atoms with van der Waals surface area (Å²) in [6, 6.07) is 8.90. The van der Waals surface area contributed by atoms with Gasteiger partial charge in [-0.05, 0) is 73.1 Å². The minimum atomic E-state index is 1.07. The summed E-state index contributed by atoms with van der Waals surface area (Å²) >= 11 is 0. The number of pyridine rings is 1. The molecule has 0 spiro atoms. The Labute approximate surface area is 127 Å². The Morgan fingerprint density at radius 3 is 2.48 bits per heavy atom. The molecule has 1 nitrogen and oxygen atoms in total. The van der Waals surface area contributed by atoms with Crippen LogP contribution in [0, 0.1) is 20.8 Å². The highest BCUT2D eigenvalue weighted by atomic mass is 14.7. The van der Waals surface area contributed by atoms with Crippen LogP contribution >= 0.6 is 0 Å². The van der Waals surface area contributed by atoms with Gasteiger partial charge in [0.2, 0.25) is 0 Å². The summed E-state index contributed by atoms with van der Waals surface area (Å²) in [6.07, 6.45) is 10.9. The van der Waals surface area contributed by atoms with E-state index in [9.17, 15) is 0 Å². The molecule has 3 rings (SSSR count). The summed E-state index contributed by atoms with van der Waals surface area (Å²) in [5, 5.41) is 0. The molecule has 0 saturated carbocycles. The number of nitrogens with zero attached hydrogens (tertiary/aromatic N) is 1. The van der Waals surface area contributed by atoms with Gasteiger partial charge >= 0.3 is 0 Å². The number of hydrogen-bond acceptors (Lipinski definition) is 1. The van der Waals surface area contributed by atoms with Crippen molar-refractivity contribution in [2.45, 2.75) is 33.6 Å². The molecule has 0 aliphatic heterocycles. The SMILES string of the molecule is Cc1ccc(-c2cc(C3=CCCC=C3)ncc2C)cc1C. The predicted molar refractivity (Wildman–Crippen MR) is 90.2 cm³/mol. The number of allylic oxidation sites excluding steroid dienone is 4. The first kappa shape index (κ1) is 13.8. The fraction of sp³-hybridized carbons (Fsp3) is 0.250. The lowest BCUT2D eigenvalue weighted by Crippen LogP contribution is -1.94. The molecule has 1 aromatic heterocycles. The summed E-state index contributed by atoms with van der Waals surface area (Å²) in [5.74, 6) is 0. The van der Waals surface area contributed by atoms with Crippen LogP contribution in [0.2, 0.25) is 0 Å². The van der Waals surface area contributed by atoms with Crippen molar-refractivity contribution in [1.29, 1.82) is 0 Å². The highest BCUT2D eigenvalue weighted by molar-refractivity contribution is 5.77. The van der Waals surface area contributed by atoms with E-state index >= 15 is 0 Å². The lowest BCUT2D eigenvalue weighted by molar-refractivity contribution is 1.04. The molecule has 1 heteroatoms. The van der Waals surface area contributed by atoms with Gasteiger partial charge < -0.3 is 0 Å². The lowest BCUT2D eigenvalue weighted by atomic mass is 9.95. The Balaban J connectivity index is 2.07. The van der Waals surface area contributed by atoms with E-state index in [4.69, 9.17) is 0 Å². The number of aromatic nitrogens is 1. The highest BCUT2D eigenvalue weighted by Gasteiger charge is 2.08.